The van der Waals surface area contributed by atoms with Gasteiger partial charge in [-0.2, -0.15) is 5.10 Å². The fraction of sp³-hybridized carbons (Fsp3) is 0.241. The summed E-state index contributed by atoms with van der Waals surface area (Å²) in [5.41, 5.74) is 4.16. The third-order valence-electron chi connectivity index (χ3n) is 6.42. The second-order valence-electron chi connectivity index (χ2n) is 8.89. The summed E-state index contributed by atoms with van der Waals surface area (Å²) >= 11 is 0. The molecule has 1 aliphatic heterocycles. The molecule has 3 aromatic carbocycles. The second kappa shape index (κ2) is 9.96. The SMILES string of the molecule is CC1CC(c2ccccc2)Nc2c(C(=O)CCc3ccc(OCc4ccccc4)cc3)cnn21. The van der Waals surface area contributed by atoms with Gasteiger partial charge in [0, 0.05) is 6.42 Å². The highest BCUT2D eigenvalue weighted by Crippen LogP contribution is 2.36. The van der Waals surface area contributed by atoms with Crippen molar-refractivity contribution in [2.75, 3.05) is 5.32 Å². The van der Waals surface area contributed by atoms with Crippen LogP contribution >= 0.6 is 0 Å². The van der Waals surface area contributed by atoms with E-state index in [9.17, 15) is 4.79 Å². The molecule has 2 heterocycles. The number of ketones is 1. The number of benzene rings is 3. The first-order valence-corrected chi connectivity index (χ1v) is 11.9. The molecule has 0 saturated heterocycles. The Morgan fingerprint density at radius 3 is 2.41 bits per heavy atom. The number of anilines is 1. The van der Waals surface area contributed by atoms with E-state index in [4.69, 9.17) is 4.74 Å². The molecule has 0 fully saturated rings. The molecule has 34 heavy (non-hydrogen) atoms. The van der Waals surface area contributed by atoms with Crippen molar-refractivity contribution < 1.29 is 9.53 Å². The van der Waals surface area contributed by atoms with Crippen LogP contribution in [0.4, 0.5) is 5.82 Å². The molecule has 2 unspecified atom stereocenters. The maximum Gasteiger partial charge on any atom is 0.168 e. The molecule has 0 aliphatic carbocycles. The quantitative estimate of drug-likeness (QED) is 0.315. The van der Waals surface area contributed by atoms with Crippen molar-refractivity contribution in [2.45, 2.75) is 44.9 Å². The highest BCUT2D eigenvalue weighted by Gasteiger charge is 2.29. The van der Waals surface area contributed by atoms with Gasteiger partial charge in [0.1, 0.15) is 18.2 Å². The van der Waals surface area contributed by atoms with E-state index in [1.807, 2.05) is 65.3 Å². The van der Waals surface area contributed by atoms with Crippen LogP contribution in [0.1, 0.15) is 58.9 Å². The van der Waals surface area contributed by atoms with Gasteiger partial charge in [-0.05, 0) is 48.6 Å². The number of ether oxygens (including phenoxy) is 1. The predicted molar refractivity (Wildman–Crippen MR) is 134 cm³/mol. The Kier molecular flexibility index (Phi) is 6.43. The lowest BCUT2D eigenvalue weighted by molar-refractivity contribution is 0.0983. The molecule has 172 valence electrons. The fourth-order valence-electron chi connectivity index (χ4n) is 4.50. The molecule has 0 spiro atoms. The van der Waals surface area contributed by atoms with Gasteiger partial charge >= 0.3 is 0 Å². The van der Waals surface area contributed by atoms with Crippen molar-refractivity contribution in [3.05, 3.63) is 113 Å². The number of carbonyl (C=O) groups is 1. The number of Topliss-reactive ketones (excluding diaryl/α,β-unsaturated/α-hetero) is 1. The monoisotopic (exact) mass is 451 g/mol. The molecule has 0 radical (unpaired) electrons. The number of nitrogens with zero attached hydrogens (tertiary/aromatic N) is 2. The first-order chi connectivity index (χ1) is 16.7. The summed E-state index contributed by atoms with van der Waals surface area (Å²) in [6.07, 6.45) is 3.77. The van der Waals surface area contributed by atoms with Crippen LogP contribution in [0.15, 0.2) is 91.1 Å². The van der Waals surface area contributed by atoms with Gasteiger partial charge in [-0.15, -0.1) is 0 Å². The average molecular weight is 452 g/mol. The molecule has 0 saturated carbocycles. The second-order valence-corrected chi connectivity index (χ2v) is 8.89. The van der Waals surface area contributed by atoms with Gasteiger partial charge in [0.2, 0.25) is 0 Å². The molecule has 1 aromatic heterocycles. The summed E-state index contributed by atoms with van der Waals surface area (Å²) in [4.78, 5) is 13.1. The van der Waals surface area contributed by atoms with E-state index in [1.165, 1.54) is 5.56 Å². The molecule has 2 atom stereocenters. The summed E-state index contributed by atoms with van der Waals surface area (Å²) in [5, 5.41) is 8.09. The topological polar surface area (TPSA) is 56.1 Å². The first-order valence-electron chi connectivity index (χ1n) is 11.9. The minimum atomic E-state index is 0.110. The van der Waals surface area contributed by atoms with E-state index < -0.39 is 0 Å². The summed E-state index contributed by atoms with van der Waals surface area (Å²) in [6.45, 7) is 2.70. The lowest BCUT2D eigenvalue weighted by atomic mass is 9.97. The Morgan fingerprint density at radius 1 is 0.971 bits per heavy atom. The Hall–Kier alpha value is -3.86. The molecule has 0 bridgehead atoms. The van der Waals surface area contributed by atoms with Crippen molar-refractivity contribution in [1.82, 2.24) is 9.78 Å². The number of fused-ring (bicyclic) bond motifs is 1. The fourth-order valence-corrected chi connectivity index (χ4v) is 4.50. The summed E-state index contributed by atoms with van der Waals surface area (Å²) in [5.74, 6) is 1.77. The van der Waals surface area contributed by atoms with Crippen LogP contribution in [-0.2, 0) is 13.0 Å². The molecule has 1 aliphatic rings. The van der Waals surface area contributed by atoms with Crippen LogP contribution in [0.25, 0.3) is 0 Å². The normalized spacial score (nSPS) is 17.0. The van der Waals surface area contributed by atoms with Crippen LogP contribution < -0.4 is 10.1 Å². The minimum Gasteiger partial charge on any atom is -0.489 e. The van der Waals surface area contributed by atoms with E-state index >= 15 is 0 Å². The largest absolute Gasteiger partial charge is 0.489 e. The van der Waals surface area contributed by atoms with E-state index in [1.54, 1.807) is 6.20 Å². The van der Waals surface area contributed by atoms with Gasteiger partial charge in [-0.3, -0.25) is 4.79 Å². The third-order valence-corrected chi connectivity index (χ3v) is 6.42. The number of nitrogens with one attached hydrogen (secondary N) is 1. The molecule has 5 rings (SSSR count). The van der Waals surface area contributed by atoms with Crippen LogP contribution in [0, 0.1) is 0 Å². The van der Waals surface area contributed by atoms with Crippen LogP contribution in [0.2, 0.25) is 0 Å². The maximum absolute atomic E-state index is 13.1. The number of hydrogen-bond acceptors (Lipinski definition) is 4. The smallest absolute Gasteiger partial charge is 0.168 e. The highest BCUT2D eigenvalue weighted by atomic mass is 16.5. The maximum atomic E-state index is 13.1. The molecule has 0 amide bonds. The number of carbonyl (C=O) groups excluding carboxylic acids is 1. The number of aryl methyl sites for hydroxylation is 1. The highest BCUT2D eigenvalue weighted by molar-refractivity contribution is 6.00. The van der Waals surface area contributed by atoms with E-state index in [0.717, 1.165) is 29.1 Å². The van der Waals surface area contributed by atoms with Crippen molar-refractivity contribution in [3.63, 3.8) is 0 Å². The Labute approximate surface area is 200 Å². The summed E-state index contributed by atoms with van der Waals surface area (Å²) < 4.78 is 7.81. The Bertz CT molecular complexity index is 1230. The van der Waals surface area contributed by atoms with Gasteiger partial charge in [0.05, 0.1) is 23.8 Å². The van der Waals surface area contributed by atoms with E-state index in [-0.39, 0.29) is 17.9 Å². The van der Waals surface area contributed by atoms with E-state index in [0.29, 0.717) is 25.0 Å². The standard InChI is InChI=1S/C29H29N3O2/c1-21-18-27(24-10-6-3-7-11-24)31-29-26(19-30-32(21)29)28(33)17-14-22-12-15-25(16-13-22)34-20-23-8-4-2-5-9-23/h2-13,15-16,19,21,27,31H,14,17-18,20H2,1H3. The van der Waals surface area contributed by atoms with Crippen LogP contribution in [0.3, 0.4) is 0 Å². The minimum absolute atomic E-state index is 0.110. The Balaban J connectivity index is 1.20. The van der Waals surface area contributed by atoms with Crippen molar-refractivity contribution in [2.24, 2.45) is 0 Å². The number of aromatic nitrogens is 2. The predicted octanol–water partition coefficient (Wildman–Crippen LogP) is 6.40. The summed E-state index contributed by atoms with van der Waals surface area (Å²) in [7, 11) is 0. The molecular weight excluding hydrogens is 422 g/mol. The number of rotatable bonds is 8. The molecule has 4 aromatic rings. The summed E-state index contributed by atoms with van der Waals surface area (Å²) in [6, 6.07) is 28.9. The third kappa shape index (κ3) is 4.88. The van der Waals surface area contributed by atoms with Crippen molar-refractivity contribution >= 4 is 11.6 Å². The molecule has 5 nitrogen and oxygen atoms in total. The molecular formula is C29H29N3O2. The van der Waals surface area contributed by atoms with Gasteiger partial charge in [0.15, 0.2) is 5.78 Å². The van der Waals surface area contributed by atoms with Crippen LogP contribution in [0.5, 0.6) is 5.75 Å². The molecule has 1 N–H and O–H groups in total. The van der Waals surface area contributed by atoms with E-state index in [2.05, 4.69) is 41.6 Å². The zero-order valence-corrected chi connectivity index (χ0v) is 19.4. The first kappa shape index (κ1) is 22.0. The average Bonchev–Trinajstić information content (AvgIpc) is 3.33. The molecule has 5 heteroatoms. The lowest BCUT2D eigenvalue weighted by Gasteiger charge is -2.31. The van der Waals surface area contributed by atoms with Gasteiger partial charge in [-0.25, -0.2) is 4.68 Å². The zero-order chi connectivity index (χ0) is 23.3. The van der Waals surface area contributed by atoms with Crippen molar-refractivity contribution in [3.8, 4) is 5.75 Å². The van der Waals surface area contributed by atoms with Crippen LogP contribution in [-0.4, -0.2) is 15.6 Å². The van der Waals surface area contributed by atoms with Crippen molar-refractivity contribution in [1.29, 1.82) is 0 Å². The van der Waals surface area contributed by atoms with Gasteiger partial charge < -0.3 is 10.1 Å². The lowest BCUT2D eigenvalue weighted by Crippen LogP contribution is -2.26. The van der Waals surface area contributed by atoms with Gasteiger partial charge in [-0.1, -0.05) is 72.8 Å². The number of hydrogen-bond donors (Lipinski definition) is 1. The van der Waals surface area contributed by atoms with Gasteiger partial charge in [0.25, 0.3) is 0 Å². The Morgan fingerprint density at radius 2 is 1.68 bits per heavy atom. The zero-order valence-electron chi connectivity index (χ0n) is 19.4.